The van der Waals surface area contributed by atoms with Crippen molar-refractivity contribution in [2.45, 2.75) is 44.9 Å². The lowest BCUT2D eigenvalue weighted by molar-refractivity contribution is -0.358. The summed E-state index contributed by atoms with van der Waals surface area (Å²) in [5.74, 6) is 4.41. The Kier molecular flexibility index (Phi) is 4.15. The highest BCUT2D eigenvalue weighted by Crippen LogP contribution is 2.86. The van der Waals surface area contributed by atoms with Gasteiger partial charge in [0.25, 0.3) is 0 Å². The van der Waals surface area contributed by atoms with E-state index in [1.54, 1.807) is 0 Å². The van der Waals surface area contributed by atoms with Crippen LogP contribution in [-0.2, 0) is 9.59 Å². The van der Waals surface area contributed by atoms with Crippen molar-refractivity contribution < 1.29 is 29.4 Å². The third-order valence-electron chi connectivity index (χ3n) is 12.3. The summed E-state index contributed by atoms with van der Waals surface area (Å²) in [6.45, 7) is -0.213. The Morgan fingerprint density at radius 2 is 1.38 bits per heavy atom. The average Bonchev–Trinajstić information content (AvgIpc) is 2.85. The number of carboxylic acid groups (broad SMARTS) is 2. The summed E-state index contributed by atoms with van der Waals surface area (Å²) in [6, 6.07) is 3.50. The smallest absolute Gasteiger partial charge is 0.335 e. The van der Waals surface area contributed by atoms with Gasteiger partial charge in [-0.1, -0.05) is 0 Å². The van der Waals surface area contributed by atoms with Crippen LogP contribution in [0.15, 0.2) is 18.2 Å². The van der Waals surface area contributed by atoms with Crippen molar-refractivity contribution in [1.82, 2.24) is 5.32 Å². The molecule has 10 fully saturated rings. The summed E-state index contributed by atoms with van der Waals surface area (Å²) in [6.07, 6.45) is 8.53. The number of anilines is 1. The maximum absolute atomic E-state index is 13.8. The lowest BCUT2D eigenvalue weighted by Crippen LogP contribution is -2.79. The number of amides is 2. The summed E-state index contributed by atoms with van der Waals surface area (Å²) in [5.41, 5.74) is -0.360. The molecule has 0 aliphatic heterocycles. The first-order valence-electron chi connectivity index (χ1n) is 13.9. The standard InChI is InChI=1S/C29H32N2O6/c32-22(31-15-4-13(25(33)34)3-14(5-15)26(35)36)10-30-27(37)28-8-20-17-6-16-18-1-12-2-19(16)24(21(17)9-28)29(7-12,11-28)23(18)20/h3-5,12,16-21,23-24H,1-2,6-11H2,(H,30,37)(H,31,32)(H,33,34)(H,35,36)/t12?,16?,17?,18-,19+,20+,21-,23+,24-,28?,29?. The normalized spacial score (nSPS) is 46.3. The van der Waals surface area contributed by atoms with Gasteiger partial charge in [0.2, 0.25) is 11.8 Å². The van der Waals surface area contributed by atoms with Crippen LogP contribution in [0.3, 0.4) is 0 Å². The monoisotopic (exact) mass is 504 g/mol. The second-order valence-electron chi connectivity index (χ2n) is 13.6. The average molecular weight is 505 g/mol. The van der Waals surface area contributed by atoms with Gasteiger partial charge in [-0.3, -0.25) is 9.59 Å². The number of carbonyl (C=O) groups is 4. The van der Waals surface area contributed by atoms with Crippen LogP contribution < -0.4 is 10.6 Å². The van der Waals surface area contributed by atoms with Crippen molar-refractivity contribution in [3.63, 3.8) is 0 Å². The van der Waals surface area contributed by atoms with E-state index in [-0.39, 0.29) is 34.7 Å². The van der Waals surface area contributed by atoms with E-state index < -0.39 is 17.8 Å². The van der Waals surface area contributed by atoms with Crippen molar-refractivity contribution in [3.8, 4) is 0 Å². The van der Waals surface area contributed by atoms with Gasteiger partial charge in [-0.25, -0.2) is 9.59 Å². The summed E-state index contributed by atoms with van der Waals surface area (Å²) in [5, 5.41) is 24.1. The second-order valence-corrected chi connectivity index (χ2v) is 13.6. The Balaban J connectivity index is 1.00. The quantitative estimate of drug-likeness (QED) is 0.469. The van der Waals surface area contributed by atoms with Gasteiger partial charge in [-0.2, -0.15) is 0 Å². The highest BCUT2D eigenvalue weighted by molar-refractivity contribution is 6.00. The predicted molar refractivity (Wildman–Crippen MR) is 131 cm³/mol. The lowest BCUT2D eigenvalue weighted by Gasteiger charge is -2.84. The fraction of sp³-hybridized carbons (Fsp3) is 0.655. The van der Waals surface area contributed by atoms with Gasteiger partial charge in [-0.05, 0) is 122 Å². The Morgan fingerprint density at radius 3 is 1.97 bits per heavy atom. The fourth-order valence-electron chi connectivity index (χ4n) is 12.2. The van der Waals surface area contributed by atoms with Crippen LogP contribution in [0.2, 0.25) is 0 Å². The van der Waals surface area contributed by atoms with E-state index >= 15 is 0 Å². The minimum atomic E-state index is -1.28. The number of hydrogen-bond acceptors (Lipinski definition) is 4. The molecule has 0 heterocycles. The zero-order chi connectivity index (χ0) is 25.4. The maximum Gasteiger partial charge on any atom is 0.335 e. The highest BCUT2D eigenvalue weighted by Gasteiger charge is 2.81. The summed E-state index contributed by atoms with van der Waals surface area (Å²) in [4.78, 5) is 49.2. The number of nitrogens with one attached hydrogen (secondary N) is 2. The lowest BCUT2D eigenvalue weighted by atomic mass is 9.20. The van der Waals surface area contributed by atoms with Gasteiger partial charge in [0.05, 0.1) is 23.1 Å². The van der Waals surface area contributed by atoms with E-state index in [1.165, 1.54) is 37.8 Å². The van der Waals surface area contributed by atoms with Gasteiger partial charge in [0, 0.05) is 5.69 Å². The molecule has 4 N–H and O–H groups in total. The number of carboxylic acids is 2. The Hall–Kier alpha value is -2.90. The van der Waals surface area contributed by atoms with E-state index in [1.807, 2.05) is 0 Å². The van der Waals surface area contributed by atoms with Crippen molar-refractivity contribution in [2.24, 2.45) is 64.1 Å². The molecule has 2 amide bonds. The third-order valence-corrected chi connectivity index (χ3v) is 12.3. The molecule has 1 aromatic rings. The summed E-state index contributed by atoms with van der Waals surface area (Å²) < 4.78 is 0. The fourth-order valence-corrected chi connectivity index (χ4v) is 12.2. The molecular formula is C29H32N2O6. The number of hydrogen-bond donors (Lipinski definition) is 4. The second kappa shape index (κ2) is 6.94. The Morgan fingerprint density at radius 1 is 0.784 bits per heavy atom. The van der Waals surface area contributed by atoms with Crippen LogP contribution in [0, 0.1) is 64.1 Å². The Bertz CT molecular complexity index is 1220. The molecule has 10 aliphatic rings. The largest absolute Gasteiger partial charge is 0.478 e. The first-order chi connectivity index (χ1) is 17.7. The van der Waals surface area contributed by atoms with E-state index in [0.29, 0.717) is 17.3 Å². The van der Waals surface area contributed by atoms with Crippen LogP contribution in [0.1, 0.15) is 65.7 Å². The van der Waals surface area contributed by atoms with Crippen LogP contribution in [-0.4, -0.2) is 40.5 Å². The van der Waals surface area contributed by atoms with Crippen molar-refractivity contribution in [2.75, 3.05) is 11.9 Å². The van der Waals surface area contributed by atoms with E-state index in [4.69, 9.17) is 0 Å². The number of aromatic carboxylic acids is 2. The van der Waals surface area contributed by atoms with Gasteiger partial charge >= 0.3 is 11.9 Å². The first kappa shape index (κ1) is 22.1. The molecule has 1 spiro atoms. The van der Waals surface area contributed by atoms with E-state index in [9.17, 15) is 29.4 Å². The summed E-state index contributed by atoms with van der Waals surface area (Å²) in [7, 11) is 0. The molecule has 1 aromatic carbocycles. The summed E-state index contributed by atoms with van der Waals surface area (Å²) >= 11 is 0. The molecule has 8 heteroatoms. The number of rotatable bonds is 6. The maximum atomic E-state index is 13.8. The molecule has 0 radical (unpaired) electrons. The topological polar surface area (TPSA) is 133 Å². The molecule has 10 saturated carbocycles. The van der Waals surface area contributed by atoms with Gasteiger partial charge < -0.3 is 20.8 Å². The van der Waals surface area contributed by atoms with Crippen LogP contribution in [0.5, 0.6) is 0 Å². The van der Waals surface area contributed by atoms with E-state index in [0.717, 1.165) is 66.8 Å². The van der Waals surface area contributed by atoms with Crippen LogP contribution in [0.4, 0.5) is 5.69 Å². The molecule has 194 valence electrons. The minimum Gasteiger partial charge on any atom is -0.478 e. The predicted octanol–water partition coefficient (Wildman–Crippen LogP) is 3.48. The van der Waals surface area contributed by atoms with E-state index in [2.05, 4.69) is 10.6 Å². The molecule has 11 rings (SSSR count). The zero-order valence-electron chi connectivity index (χ0n) is 20.6. The minimum absolute atomic E-state index is 0.00591. The molecule has 8 nitrogen and oxygen atoms in total. The van der Waals surface area contributed by atoms with Crippen molar-refractivity contribution >= 4 is 29.4 Å². The van der Waals surface area contributed by atoms with Crippen molar-refractivity contribution in [3.05, 3.63) is 29.3 Å². The highest BCUT2D eigenvalue weighted by atomic mass is 16.4. The van der Waals surface area contributed by atoms with Gasteiger partial charge in [0.1, 0.15) is 0 Å². The third kappa shape index (κ3) is 2.69. The zero-order valence-corrected chi connectivity index (χ0v) is 20.6. The molecule has 10 aliphatic carbocycles. The molecule has 0 saturated heterocycles. The first-order valence-corrected chi connectivity index (χ1v) is 13.9. The molecule has 11 atom stereocenters. The Labute approximate surface area is 214 Å². The molecule has 5 unspecified atom stereocenters. The number of carbonyl (C=O) groups excluding carboxylic acids is 2. The molecule has 37 heavy (non-hydrogen) atoms. The SMILES string of the molecule is O=C(CNC(=O)C12C[C@@H]3C4CC5[C@H]6CC7C[C@@H]5[C@H]3C(C7)(C1)[C@@H]6[C@H]4C2)Nc1cc(C(=O)O)cc(C(=O)O)c1. The number of benzene rings is 1. The van der Waals surface area contributed by atoms with Gasteiger partial charge in [0.15, 0.2) is 0 Å². The van der Waals surface area contributed by atoms with Crippen LogP contribution >= 0.6 is 0 Å². The molecule has 11 bridgehead atoms. The molecular weight excluding hydrogens is 472 g/mol. The van der Waals surface area contributed by atoms with Crippen LogP contribution in [0.25, 0.3) is 0 Å². The van der Waals surface area contributed by atoms with Gasteiger partial charge in [-0.15, -0.1) is 0 Å². The van der Waals surface area contributed by atoms with Crippen molar-refractivity contribution in [1.29, 1.82) is 0 Å². The molecule has 0 aromatic heterocycles.